The van der Waals surface area contributed by atoms with Crippen molar-refractivity contribution in [2.45, 2.75) is 45.7 Å². The number of fused-ring (bicyclic) bond motifs is 1. The van der Waals surface area contributed by atoms with Crippen molar-refractivity contribution in [3.05, 3.63) is 62.7 Å². The number of nitrogens with one attached hydrogen (secondary N) is 1. The maximum Gasteiger partial charge on any atom is 0.346 e. The minimum atomic E-state index is -0.452. The van der Waals surface area contributed by atoms with E-state index in [1.807, 2.05) is 30.3 Å². The van der Waals surface area contributed by atoms with Crippen LogP contribution in [0.25, 0.3) is 5.69 Å². The molecule has 9 nitrogen and oxygen atoms in total. The summed E-state index contributed by atoms with van der Waals surface area (Å²) in [5.41, 5.74) is 0.939. The molecule has 1 aliphatic heterocycles. The first-order valence-electron chi connectivity index (χ1n) is 9.78. The van der Waals surface area contributed by atoms with Gasteiger partial charge >= 0.3 is 5.69 Å². The first-order valence-corrected chi connectivity index (χ1v) is 9.78. The van der Waals surface area contributed by atoms with Gasteiger partial charge in [-0.3, -0.25) is 18.8 Å². The molecule has 0 fully saturated rings. The SMILES string of the molecule is Cc1c(NC(=O)Cn2nc3n(c2=O)CCCCC3)c(=O)n(-c2ccccc2)n1C. The Morgan fingerprint density at radius 1 is 1.14 bits per heavy atom. The van der Waals surface area contributed by atoms with Gasteiger partial charge in [-0.25, -0.2) is 14.2 Å². The van der Waals surface area contributed by atoms with Gasteiger partial charge in [-0.1, -0.05) is 24.6 Å². The minimum absolute atomic E-state index is 0.204. The fourth-order valence-electron chi connectivity index (χ4n) is 3.76. The van der Waals surface area contributed by atoms with Crippen LogP contribution in [-0.2, 0) is 31.4 Å². The number of benzene rings is 1. The molecule has 0 saturated heterocycles. The number of aromatic nitrogens is 5. The van der Waals surface area contributed by atoms with E-state index in [2.05, 4.69) is 10.4 Å². The molecule has 152 valence electrons. The highest BCUT2D eigenvalue weighted by Crippen LogP contribution is 2.14. The van der Waals surface area contributed by atoms with Crippen LogP contribution in [0.3, 0.4) is 0 Å². The third-order valence-electron chi connectivity index (χ3n) is 5.39. The van der Waals surface area contributed by atoms with Crippen LogP contribution in [0.1, 0.15) is 30.8 Å². The van der Waals surface area contributed by atoms with E-state index in [1.54, 1.807) is 23.2 Å². The van der Waals surface area contributed by atoms with Gasteiger partial charge in [0.1, 0.15) is 18.1 Å². The van der Waals surface area contributed by atoms with Gasteiger partial charge in [-0.2, -0.15) is 5.10 Å². The lowest BCUT2D eigenvalue weighted by Crippen LogP contribution is -2.31. The second-order valence-corrected chi connectivity index (χ2v) is 7.30. The third-order valence-corrected chi connectivity index (χ3v) is 5.39. The average Bonchev–Trinajstić information content (AvgIpc) is 2.99. The second kappa shape index (κ2) is 7.57. The summed E-state index contributed by atoms with van der Waals surface area (Å²) in [6, 6.07) is 9.21. The first kappa shape index (κ1) is 19.0. The van der Waals surface area contributed by atoms with Crippen molar-refractivity contribution in [1.29, 1.82) is 0 Å². The average molecular weight is 396 g/mol. The minimum Gasteiger partial charge on any atom is -0.318 e. The van der Waals surface area contributed by atoms with Crippen LogP contribution in [-0.4, -0.2) is 29.6 Å². The van der Waals surface area contributed by atoms with E-state index in [-0.39, 0.29) is 23.5 Å². The molecule has 0 spiro atoms. The fourth-order valence-corrected chi connectivity index (χ4v) is 3.76. The first-order chi connectivity index (χ1) is 14.0. The van der Waals surface area contributed by atoms with Crippen molar-refractivity contribution in [1.82, 2.24) is 23.7 Å². The molecule has 0 unspecified atom stereocenters. The van der Waals surface area contributed by atoms with Crippen LogP contribution >= 0.6 is 0 Å². The Morgan fingerprint density at radius 2 is 1.90 bits per heavy atom. The normalized spacial score (nSPS) is 13.7. The summed E-state index contributed by atoms with van der Waals surface area (Å²) in [4.78, 5) is 38.0. The lowest BCUT2D eigenvalue weighted by molar-refractivity contribution is -0.117. The zero-order chi connectivity index (χ0) is 20.5. The molecule has 1 aliphatic rings. The zero-order valence-corrected chi connectivity index (χ0v) is 16.6. The number of carbonyl (C=O) groups excluding carboxylic acids is 1. The summed E-state index contributed by atoms with van der Waals surface area (Å²) in [7, 11) is 1.76. The highest BCUT2D eigenvalue weighted by molar-refractivity contribution is 5.90. The van der Waals surface area contributed by atoms with Gasteiger partial charge in [0.05, 0.1) is 11.4 Å². The fraction of sp³-hybridized carbons (Fsp3) is 0.400. The number of hydrogen-bond donors (Lipinski definition) is 1. The predicted molar refractivity (Wildman–Crippen MR) is 108 cm³/mol. The van der Waals surface area contributed by atoms with E-state index in [1.165, 1.54) is 9.36 Å². The van der Waals surface area contributed by atoms with Gasteiger partial charge in [0.15, 0.2) is 0 Å². The van der Waals surface area contributed by atoms with E-state index in [0.717, 1.165) is 31.5 Å². The number of carbonyl (C=O) groups is 1. The monoisotopic (exact) mass is 396 g/mol. The van der Waals surface area contributed by atoms with Crippen molar-refractivity contribution >= 4 is 11.6 Å². The topological polar surface area (TPSA) is 95.9 Å². The Kier molecular flexibility index (Phi) is 4.96. The Morgan fingerprint density at radius 3 is 2.66 bits per heavy atom. The zero-order valence-electron chi connectivity index (χ0n) is 16.6. The van der Waals surface area contributed by atoms with Gasteiger partial charge in [-0.05, 0) is 31.9 Å². The highest BCUT2D eigenvalue weighted by Gasteiger charge is 2.21. The Labute approximate surface area is 167 Å². The van der Waals surface area contributed by atoms with Crippen molar-refractivity contribution in [2.24, 2.45) is 7.05 Å². The summed E-state index contributed by atoms with van der Waals surface area (Å²) in [6.07, 6.45) is 3.74. The van der Waals surface area contributed by atoms with Crippen molar-refractivity contribution in [3.63, 3.8) is 0 Å². The third kappa shape index (κ3) is 3.43. The molecule has 0 aliphatic carbocycles. The van der Waals surface area contributed by atoms with Crippen LogP contribution < -0.4 is 16.6 Å². The molecule has 0 atom stereocenters. The van der Waals surface area contributed by atoms with Crippen molar-refractivity contribution in [2.75, 3.05) is 5.32 Å². The molecule has 0 bridgehead atoms. The maximum absolute atomic E-state index is 12.9. The Balaban J connectivity index is 1.59. The molecular formula is C20H24N6O3. The Hall–Kier alpha value is -3.36. The van der Waals surface area contributed by atoms with E-state index in [9.17, 15) is 14.4 Å². The van der Waals surface area contributed by atoms with E-state index in [4.69, 9.17) is 0 Å². The van der Waals surface area contributed by atoms with E-state index in [0.29, 0.717) is 17.9 Å². The van der Waals surface area contributed by atoms with Crippen LogP contribution in [0.15, 0.2) is 39.9 Å². The van der Waals surface area contributed by atoms with Crippen LogP contribution in [0.5, 0.6) is 0 Å². The van der Waals surface area contributed by atoms with E-state index >= 15 is 0 Å². The van der Waals surface area contributed by atoms with Gasteiger partial charge in [0.2, 0.25) is 5.91 Å². The molecule has 1 amide bonds. The molecule has 1 aromatic carbocycles. The molecular weight excluding hydrogens is 372 g/mol. The van der Waals surface area contributed by atoms with Gasteiger partial charge < -0.3 is 5.32 Å². The number of para-hydroxylation sites is 1. The summed E-state index contributed by atoms with van der Waals surface area (Å²) in [5.74, 6) is 0.272. The van der Waals surface area contributed by atoms with Crippen LogP contribution in [0.2, 0.25) is 0 Å². The molecule has 2 aromatic heterocycles. The van der Waals surface area contributed by atoms with Gasteiger partial charge in [-0.15, -0.1) is 0 Å². The number of rotatable bonds is 4. The quantitative estimate of drug-likeness (QED) is 0.717. The number of hydrogen-bond acceptors (Lipinski definition) is 4. The number of amides is 1. The smallest absolute Gasteiger partial charge is 0.318 e. The molecule has 1 N–H and O–H groups in total. The molecule has 9 heteroatoms. The predicted octanol–water partition coefficient (Wildman–Crippen LogP) is 1.21. The highest BCUT2D eigenvalue weighted by atomic mass is 16.2. The molecule has 3 aromatic rings. The number of aryl methyl sites for hydroxylation is 1. The van der Waals surface area contributed by atoms with Gasteiger partial charge in [0.25, 0.3) is 5.56 Å². The maximum atomic E-state index is 12.9. The lowest BCUT2D eigenvalue weighted by atomic mass is 10.2. The lowest BCUT2D eigenvalue weighted by Gasteiger charge is -2.07. The standard InChI is InChI=1S/C20H24N6O3/c1-14-18(19(28)26(23(14)2)15-9-5-3-6-10-15)21-17(27)13-25-20(29)24-12-8-4-7-11-16(24)22-25/h3,5-6,9-10H,4,7-8,11-13H2,1-2H3,(H,21,27). The molecule has 3 heterocycles. The summed E-state index contributed by atoms with van der Waals surface area (Å²) in [5, 5.41) is 7.00. The summed E-state index contributed by atoms with van der Waals surface area (Å²) >= 11 is 0. The van der Waals surface area contributed by atoms with Gasteiger partial charge in [0, 0.05) is 20.0 Å². The van der Waals surface area contributed by atoms with Crippen molar-refractivity contribution < 1.29 is 4.79 Å². The molecule has 0 radical (unpaired) electrons. The molecule has 4 rings (SSSR count). The molecule has 29 heavy (non-hydrogen) atoms. The van der Waals surface area contributed by atoms with Crippen LogP contribution in [0, 0.1) is 6.92 Å². The summed E-state index contributed by atoms with van der Waals surface area (Å²) < 4.78 is 6.02. The van der Waals surface area contributed by atoms with Crippen molar-refractivity contribution in [3.8, 4) is 5.69 Å². The molecule has 0 saturated carbocycles. The van der Waals surface area contributed by atoms with E-state index < -0.39 is 5.91 Å². The van der Waals surface area contributed by atoms with Crippen LogP contribution in [0.4, 0.5) is 5.69 Å². The number of nitrogens with zero attached hydrogens (tertiary/aromatic N) is 5. The largest absolute Gasteiger partial charge is 0.346 e. The number of anilines is 1. The Bertz CT molecular complexity index is 1170. The summed E-state index contributed by atoms with van der Waals surface area (Å²) in [6.45, 7) is 2.18. The second-order valence-electron chi connectivity index (χ2n) is 7.30.